The van der Waals surface area contributed by atoms with Crippen molar-refractivity contribution in [2.24, 2.45) is 4.99 Å². The van der Waals surface area contributed by atoms with E-state index in [0.717, 1.165) is 23.8 Å². The van der Waals surface area contributed by atoms with Crippen LogP contribution in [0.5, 0.6) is 5.75 Å². The summed E-state index contributed by atoms with van der Waals surface area (Å²) in [6.07, 6.45) is 1.88. The number of fused-ring (bicyclic) bond motifs is 1. The fourth-order valence-electron chi connectivity index (χ4n) is 2.54. The number of rotatable bonds is 7. The lowest BCUT2D eigenvalue weighted by atomic mass is 10.3. The van der Waals surface area contributed by atoms with Crippen LogP contribution in [-0.4, -0.2) is 39.8 Å². The Kier molecular flexibility index (Phi) is 8.78. The topological polar surface area (TPSA) is 75.8 Å². The molecule has 28 heavy (non-hydrogen) atoms. The summed E-state index contributed by atoms with van der Waals surface area (Å²) in [5.41, 5.74) is 0.809. The van der Waals surface area contributed by atoms with Gasteiger partial charge in [-0.05, 0) is 44.2 Å². The molecule has 2 heterocycles. The zero-order valence-electron chi connectivity index (χ0n) is 15.8. The van der Waals surface area contributed by atoms with Crippen LogP contribution in [0.3, 0.4) is 0 Å². The summed E-state index contributed by atoms with van der Waals surface area (Å²) in [4.78, 5) is 4.59. The molecule has 0 radical (unpaired) electrons. The molecule has 2 N–H and O–H groups in total. The smallest absolute Gasteiger partial charge is 0.191 e. The summed E-state index contributed by atoms with van der Waals surface area (Å²) in [6, 6.07) is 13.2. The summed E-state index contributed by atoms with van der Waals surface area (Å²) in [5, 5.41) is 15.5. The standard InChI is InChI=1S/C19H23ClN6O.HI/c1-3-21-19(22-12-14(2)27-16-8-6-7-15(20)11-16)23-13-18-25-24-17-9-4-5-10-26(17)18;/h4-11,14H,3,12-13H2,1-2H3,(H2,21,22,23);1H. The molecule has 150 valence electrons. The maximum atomic E-state index is 5.99. The number of guanidine groups is 1. The Morgan fingerprint density at radius 1 is 1.21 bits per heavy atom. The summed E-state index contributed by atoms with van der Waals surface area (Å²) in [6.45, 7) is 5.79. The van der Waals surface area contributed by atoms with E-state index in [0.29, 0.717) is 24.1 Å². The molecule has 9 heteroatoms. The normalized spacial score (nSPS) is 12.3. The number of halogens is 2. The second-order valence-electron chi connectivity index (χ2n) is 6.01. The van der Waals surface area contributed by atoms with Gasteiger partial charge in [0.25, 0.3) is 0 Å². The van der Waals surface area contributed by atoms with Crippen LogP contribution >= 0.6 is 35.6 Å². The Morgan fingerprint density at radius 2 is 2.07 bits per heavy atom. The van der Waals surface area contributed by atoms with Gasteiger partial charge in [-0.15, -0.1) is 34.2 Å². The SMILES string of the molecule is CCNC(=NCc1nnc2ccccn12)NCC(C)Oc1cccc(Cl)c1.I. The van der Waals surface area contributed by atoms with Crippen LogP contribution in [0.4, 0.5) is 0 Å². The minimum atomic E-state index is -0.0544. The van der Waals surface area contributed by atoms with E-state index in [-0.39, 0.29) is 30.1 Å². The van der Waals surface area contributed by atoms with Crippen molar-refractivity contribution in [2.45, 2.75) is 26.5 Å². The van der Waals surface area contributed by atoms with Crippen molar-refractivity contribution in [1.82, 2.24) is 25.2 Å². The molecule has 0 saturated heterocycles. The molecule has 1 atom stereocenters. The molecule has 2 aromatic heterocycles. The Hall–Kier alpha value is -2.07. The van der Waals surface area contributed by atoms with Crippen LogP contribution in [0.1, 0.15) is 19.7 Å². The highest BCUT2D eigenvalue weighted by atomic mass is 127. The van der Waals surface area contributed by atoms with E-state index in [9.17, 15) is 0 Å². The van der Waals surface area contributed by atoms with E-state index in [2.05, 4.69) is 25.8 Å². The Labute approximate surface area is 186 Å². The number of ether oxygens (including phenoxy) is 1. The molecular formula is C19H24ClIN6O. The van der Waals surface area contributed by atoms with E-state index < -0.39 is 0 Å². The highest BCUT2D eigenvalue weighted by molar-refractivity contribution is 14.0. The lowest BCUT2D eigenvalue weighted by Gasteiger charge is -2.17. The Bertz CT molecular complexity index is 916. The van der Waals surface area contributed by atoms with Gasteiger partial charge in [-0.3, -0.25) is 4.40 Å². The number of aromatic nitrogens is 3. The molecule has 7 nitrogen and oxygen atoms in total. The number of benzene rings is 1. The average molecular weight is 515 g/mol. The first-order chi connectivity index (χ1) is 13.2. The average Bonchev–Trinajstić information content (AvgIpc) is 3.07. The lowest BCUT2D eigenvalue weighted by Crippen LogP contribution is -2.41. The van der Waals surface area contributed by atoms with Crippen molar-refractivity contribution in [3.05, 3.63) is 59.5 Å². The molecule has 3 rings (SSSR count). The van der Waals surface area contributed by atoms with Crippen LogP contribution in [-0.2, 0) is 6.54 Å². The van der Waals surface area contributed by atoms with Crippen molar-refractivity contribution in [2.75, 3.05) is 13.1 Å². The molecule has 3 aromatic rings. The van der Waals surface area contributed by atoms with E-state index in [1.165, 1.54) is 0 Å². The van der Waals surface area contributed by atoms with Gasteiger partial charge in [0.05, 0.1) is 6.54 Å². The van der Waals surface area contributed by atoms with Crippen molar-refractivity contribution < 1.29 is 4.74 Å². The maximum absolute atomic E-state index is 5.99. The summed E-state index contributed by atoms with van der Waals surface area (Å²) in [7, 11) is 0. The van der Waals surface area contributed by atoms with Crippen LogP contribution in [0.25, 0.3) is 5.65 Å². The Balaban J connectivity index is 0.00000280. The summed E-state index contributed by atoms with van der Waals surface area (Å²) in [5.74, 6) is 2.23. The summed E-state index contributed by atoms with van der Waals surface area (Å²) < 4.78 is 7.80. The quantitative estimate of drug-likeness (QED) is 0.287. The maximum Gasteiger partial charge on any atom is 0.191 e. The van der Waals surface area contributed by atoms with Crippen molar-refractivity contribution >= 4 is 47.2 Å². The number of aliphatic imine (C=N–C) groups is 1. The third-order valence-corrected chi connectivity index (χ3v) is 4.03. The second kappa shape index (κ2) is 11.1. The van der Waals surface area contributed by atoms with Crippen LogP contribution in [0.2, 0.25) is 5.02 Å². The van der Waals surface area contributed by atoms with Gasteiger partial charge in [0, 0.05) is 17.8 Å². The monoisotopic (exact) mass is 514 g/mol. The van der Waals surface area contributed by atoms with Gasteiger partial charge >= 0.3 is 0 Å². The molecule has 1 unspecified atom stereocenters. The first-order valence-electron chi connectivity index (χ1n) is 8.88. The Morgan fingerprint density at radius 3 is 2.86 bits per heavy atom. The zero-order chi connectivity index (χ0) is 19.1. The van der Waals surface area contributed by atoms with Gasteiger partial charge in [0.2, 0.25) is 0 Å². The molecule has 0 aliphatic carbocycles. The molecule has 1 aromatic carbocycles. The van der Waals surface area contributed by atoms with Gasteiger partial charge in [-0.1, -0.05) is 23.7 Å². The van der Waals surface area contributed by atoms with Crippen molar-refractivity contribution in [3.63, 3.8) is 0 Å². The first-order valence-corrected chi connectivity index (χ1v) is 9.26. The molecule has 0 spiro atoms. The fourth-order valence-corrected chi connectivity index (χ4v) is 2.73. The van der Waals surface area contributed by atoms with Gasteiger partial charge in [-0.2, -0.15) is 0 Å². The summed E-state index contributed by atoms with van der Waals surface area (Å²) >= 11 is 5.99. The predicted octanol–water partition coefficient (Wildman–Crippen LogP) is 3.52. The van der Waals surface area contributed by atoms with Gasteiger partial charge < -0.3 is 15.4 Å². The molecule has 0 saturated carbocycles. The van der Waals surface area contributed by atoms with Crippen LogP contribution < -0.4 is 15.4 Å². The second-order valence-corrected chi connectivity index (χ2v) is 6.44. The zero-order valence-corrected chi connectivity index (χ0v) is 18.9. The van der Waals surface area contributed by atoms with E-state index in [1.807, 2.05) is 60.8 Å². The van der Waals surface area contributed by atoms with Crippen molar-refractivity contribution in [3.8, 4) is 5.75 Å². The first kappa shape index (κ1) is 22.2. The number of nitrogens with zero attached hydrogens (tertiary/aromatic N) is 4. The molecule has 0 aliphatic heterocycles. The molecule has 0 amide bonds. The number of hydrogen-bond acceptors (Lipinski definition) is 4. The van der Waals surface area contributed by atoms with Gasteiger partial charge in [0.1, 0.15) is 18.4 Å². The van der Waals surface area contributed by atoms with Crippen LogP contribution in [0.15, 0.2) is 53.7 Å². The van der Waals surface area contributed by atoms with Gasteiger partial charge in [-0.25, -0.2) is 4.99 Å². The number of nitrogens with one attached hydrogen (secondary N) is 2. The lowest BCUT2D eigenvalue weighted by molar-refractivity contribution is 0.224. The van der Waals surface area contributed by atoms with E-state index in [4.69, 9.17) is 16.3 Å². The third kappa shape index (κ3) is 6.23. The van der Waals surface area contributed by atoms with Crippen molar-refractivity contribution in [1.29, 1.82) is 0 Å². The fraction of sp³-hybridized carbons (Fsp3) is 0.316. The molecule has 0 bridgehead atoms. The minimum absolute atomic E-state index is 0. The largest absolute Gasteiger partial charge is 0.489 e. The predicted molar refractivity (Wildman–Crippen MR) is 123 cm³/mol. The van der Waals surface area contributed by atoms with E-state index in [1.54, 1.807) is 6.07 Å². The highest BCUT2D eigenvalue weighted by Gasteiger charge is 2.08. The van der Waals surface area contributed by atoms with E-state index >= 15 is 0 Å². The molecular weight excluding hydrogens is 491 g/mol. The molecule has 0 fully saturated rings. The van der Waals surface area contributed by atoms with Gasteiger partial charge in [0.15, 0.2) is 17.4 Å². The third-order valence-electron chi connectivity index (χ3n) is 3.80. The number of pyridine rings is 1. The minimum Gasteiger partial charge on any atom is -0.489 e. The highest BCUT2D eigenvalue weighted by Crippen LogP contribution is 2.18. The van der Waals surface area contributed by atoms with Crippen LogP contribution in [0, 0.1) is 0 Å². The molecule has 0 aliphatic rings. The number of hydrogen-bond donors (Lipinski definition) is 2.